The summed E-state index contributed by atoms with van der Waals surface area (Å²) >= 11 is -2.43. The van der Waals surface area contributed by atoms with Crippen molar-refractivity contribution >= 4 is 33.9 Å². The van der Waals surface area contributed by atoms with Crippen molar-refractivity contribution in [3.8, 4) is 11.1 Å². The third kappa shape index (κ3) is 5.31. The minimum Gasteiger partial charge on any atom is -0.325 e. The SMILES string of the molecule is CCCc1cc(C)c2cc(CCC)n(Cc3ccc(-c4ccccc4N(C(=O)C4CC4)S(=O)O)cc3)c2n1. The Labute approximate surface area is 227 Å². The lowest BCUT2D eigenvalue weighted by Gasteiger charge is -2.21. The minimum absolute atomic E-state index is 0.162. The van der Waals surface area contributed by atoms with Crippen LogP contribution in [0.3, 0.4) is 0 Å². The average Bonchev–Trinajstić information content (AvgIpc) is 3.70. The number of para-hydroxylation sites is 1. The van der Waals surface area contributed by atoms with Crippen LogP contribution in [0.2, 0.25) is 0 Å². The third-order valence-corrected chi connectivity index (χ3v) is 7.92. The predicted molar refractivity (Wildman–Crippen MR) is 154 cm³/mol. The highest BCUT2D eigenvalue weighted by Gasteiger charge is 2.37. The van der Waals surface area contributed by atoms with E-state index in [9.17, 15) is 13.6 Å². The molecule has 0 spiro atoms. The van der Waals surface area contributed by atoms with Gasteiger partial charge >= 0.3 is 0 Å². The molecule has 7 heteroatoms. The normalized spacial score (nSPS) is 14.1. The second kappa shape index (κ2) is 11.2. The molecule has 0 bridgehead atoms. The number of fused-ring (bicyclic) bond motifs is 1. The first-order chi connectivity index (χ1) is 18.4. The monoisotopic (exact) mass is 529 g/mol. The smallest absolute Gasteiger partial charge is 0.268 e. The van der Waals surface area contributed by atoms with Gasteiger partial charge in [0.1, 0.15) is 5.65 Å². The van der Waals surface area contributed by atoms with Crippen molar-refractivity contribution in [3.63, 3.8) is 0 Å². The Balaban J connectivity index is 1.48. The number of aryl methyl sites for hydroxylation is 3. The summed E-state index contributed by atoms with van der Waals surface area (Å²) in [6.45, 7) is 7.28. The average molecular weight is 530 g/mol. The first-order valence-electron chi connectivity index (χ1n) is 13.5. The Kier molecular flexibility index (Phi) is 7.77. The van der Waals surface area contributed by atoms with Crippen molar-refractivity contribution in [2.75, 3.05) is 4.31 Å². The number of rotatable bonds is 10. The van der Waals surface area contributed by atoms with E-state index in [1.54, 1.807) is 12.1 Å². The summed E-state index contributed by atoms with van der Waals surface area (Å²) in [7, 11) is 0. The quantitative estimate of drug-likeness (QED) is 0.228. The fourth-order valence-corrected chi connectivity index (χ4v) is 5.79. The van der Waals surface area contributed by atoms with Crippen LogP contribution in [-0.4, -0.2) is 24.2 Å². The molecular weight excluding hydrogens is 494 g/mol. The van der Waals surface area contributed by atoms with Crippen LogP contribution in [0, 0.1) is 12.8 Å². The predicted octanol–water partition coefficient (Wildman–Crippen LogP) is 6.84. The van der Waals surface area contributed by atoms with Gasteiger partial charge < -0.3 is 4.57 Å². The Morgan fingerprint density at radius 1 is 1.05 bits per heavy atom. The maximum absolute atomic E-state index is 12.8. The Hall–Kier alpha value is -3.29. The molecule has 38 heavy (non-hydrogen) atoms. The highest BCUT2D eigenvalue weighted by molar-refractivity contribution is 7.81. The molecule has 1 aliphatic rings. The topological polar surface area (TPSA) is 75.4 Å². The van der Waals surface area contributed by atoms with Crippen LogP contribution in [0.5, 0.6) is 0 Å². The first kappa shape index (κ1) is 26.3. The van der Waals surface area contributed by atoms with Crippen molar-refractivity contribution in [1.82, 2.24) is 9.55 Å². The fourth-order valence-electron chi connectivity index (χ4n) is 5.16. The van der Waals surface area contributed by atoms with E-state index < -0.39 is 11.3 Å². The highest BCUT2D eigenvalue weighted by atomic mass is 32.2. The molecular formula is C31H35N3O3S. The van der Waals surface area contributed by atoms with E-state index in [2.05, 4.69) is 49.6 Å². The van der Waals surface area contributed by atoms with E-state index >= 15 is 0 Å². The molecule has 2 aromatic carbocycles. The molecule has 1 unspecified atom stereocenters. The number of anilines is 1. The van der Waals surface area contributed by atoms with E-state index in [0.717, 1.165) is 77.4 Å². The lowest BCUT2D eigenvalue weighted by atomic mass is 10.0. The van der Waals surface area contributed by atoms with Gasteiger partial charge in [-0.1, -0.05) is 69.2 Å². The van der Waals surface area contributed by atoms with Crippen molar-refractivity contribution in [2.24, 2.45) is 5.92 Å². The summed E-state index contributed by atoms with van der Waals surface area (Å²) in [6.07, 6.45) is 5.63. The van der Waals surface area contributed by atoms with Crippen LogP contribution in [-0.2, 0) is 35.4 Å². The molecule has 5 rings (SSSR count). The van der Waals surface area contributed by atoms with Crippen LogP contribution < -0.4 is 4.31 Å². The summed E-state index contributed by atoms with van der Waals surface area (Å²) < 4.78 is 25.5. The number of hydrogen-bond donors (Lipinski definition) is 1. The van der Waals surface area contributed by atoms with Crippen molar-refractivity contribution < 1.29 is 13.6 Å². The summed E-state index contributed by atoms with van der Waals surface area (Å²) in [5.41, 5.74) is 8.02. The van der Waals surface area contributed by atoms with Gasteiger partial charge in [0.25, 0.3) is 11.3 Å². The Morgan fingerprint density at radius 3 is 2.42 bits per heavy atom. The summed E-state index contributed by atoms with van der Waals surface area (Å²) in [4.78, 5) is 17.9. The van der Waals surface area contributed by atoms with Gasteiger partial charge in [-0.25, -0.2) is 13.5 Å². The zero-order valence-electron chi connectivity index (χ0n) is 22.3. The molecule has 1 amide bonds. The number of hydrogen-bond acceptors (Lipinski definition) is 3. The number of benzene rings is 2. The van der Waals surface area contributed by atoms with Gasteiger partial charge in [-0.2, -0.15) is 0 Å². The lowest BCUT2D eigenvalue weighted by Crippen LogP contribution is -2.34. The van der Waals surface area contributed by atoms with E-state index in [4.69, 9.17) is 4.98 Å². The number of pyridine rings is 1. The summed E-state index contributed by atoms with van der Waals surface area (Å²) in [5.74, 6) is -0.451. The maximum atomic E-state index is 12.8. The molecule has 4 aromatic rings. The number of nitrogens with zero attached hydrogens (tertiary/aromatic N) is 3. The zero-order valence-corrected chi connectivity index (χ0v) is 23.1. The summed E-state index contributed by atoms with van der Waals surface area (Å²) in [6, 6.07) is 20.1. The molecule has 1 N–H and O–H groups in total. The Morgan fingerprint density at radius 2 is 1.76 bits per heavy atom. The van der Waals surface area contributed by atoms with Crippen molar-refractivity contribution in [1.29, 1.82) is 0 Å². The summed E-state index contributed by atoms with van der Waals surface area (Å²) in [5, 5.41) is 1.22. The second-order valence-corrected chi connectivity index (χ2v) is 11.1. The number of amides is 1. The largest absolute Gasteiger partial charge is 0.325 e. The number of carbonyl (C=O) groups is 1. The molecule has 198 valence electrons. The van der Waals surface area contributed by atoms with Crippen LogP contribution in [0.1, 0.15) is 62.0 Å². The second-order valence-electron chi connectivity index (χ2n) is 10.2. The standard InChI is InChI=1S/C31H35N3O3S/c1-4-8-25-18-21(3)28-19-26(9-5-2)33(30(28)32-25)20-22-12-14-23(15-13-22)27-10-6-7-11-29(27)34(38(36)37)31(35)24-16-17-24/h6-7,10-15,18-19,24H,4-5,8-9,16-17,20H2,1-3H3,(H,36,37). The maximum Gasteiger partial charge on any atom is 0.268 e. The van der Waals surface area contributed by atoms with Gasteiger partial charge in [-0.3, -0.25) is 9.35 Å². The van der Waals surface area contributed by atoms with Gasteiger partial charge in [-0.05, 0) is 67.5 Å². The molecule has 0 saturated heterocycles. The third-order valence-electron chi connectivity index (χ3n) is 7.24. The molecule has 6 nitrogen and oxygen atoms in total. The highest BCUT2D eigenvalue weighted by Crippen LogP contribution is 2.37. The van der Waals surface area contributed by atoms with Gasteiger partial charge in [0.15, 0.2) is 0 Å². The molecule has 2 aromatic heterocycles. The van der Waals surface area contributed by atoms with Gasteiger partial charge in [0, 0.05) is 34.8 Å². The number of aromatic nitrogens is 2. The molecule has 2 heterocycles. The van der Waals surface area contributed by atoms with E-state index in [0.29, 0.717) is 5.69 Å². The van der Waals surface area contributed by atoms with E-state index in [-0.39, 0.29) is 11.8 Å². The molecule has 1 fully saturated rings. The molecule has 0 radical (unpaired) electrons. The number of carbonyl (C=O) groups excluding carboxylic acids is 1. The minimum atomic E-state index is -2.43. The van der Waals surface area contributed by atoms with Crippen molar-refractivity contribution in [2.45, 2.75) is 65.8 Å². The van der Waals surface area contributed by atoms with Crippen molar-refractivity contribution in [3.05, 3.63) is 83.2 Å². The first-order valence-corrected chi connectivity index (χ1v) is 14.6. The lowest BCUT2D eigenvalue weighted by molar-refractivity contribution is -0.118. The van der Waals surface area contributed by atoms with E-state index in [1.165, 1.54) is 16.6 Å². The fraction of sp³-hybridized carbons (Fsp3) is 0.355. The van der Waals surface area contributed by atoms with Crippen LogP contribution in [0.15, 0.2) is 60.7 Å². The van der Waals surface area contributed by atoms with Crippen LogP contribution in [0.25, 0.3) is 22.2 Å². The Bertz CT molecular complexity index is 1490. The van der Waals surface area contributed by atoms with Gasteiger partial charge in [0.2, 0.25) is 5.91 Å². The van der Waals surface area contributed by atoms with E-state index in [1.807, 2.05) is 24.3 Å². The molecule has 1 aliphatic carbocycles. The molecule has 1 saturated carbocycles. The van der Waals surface area contributed by atoms with Gasteiger partial charge in [0.05, 0.1) is 5.69 Å². The zero-order chi connectivity index (χ0) is 26.8. The van der Waals surface area contributed by atoms with Gasteiger partial charge in [-0.15, -0.1) is 0 Å². The molecule has 0 aliphatic heterocycles. The van der Waals surface area contributed by atoms with Crippen LogP contribution >= 0.6 is 0 Å². The molecule has 1 atom stereocenters. The van der Waals surface area contributed by atoms with Crippen LogP contribution in [0.4, 0.5) is 5.69 Å².